The first-order valence-corrected chi connectivity index (χ1v) is 4.74. The number of hydrogen-bond acceptors (Lipinski definition) is 2. The van der Waals surface area contributed by atoms with E-state index in [1.807, 2.05) is 20.9 Å². The molecule has 0 aliphatic rings. The van der Waals surface area contributed by atoms with Gasteiger partial charge in [-0.05, 0) is 29.3 Å². The number of rotatable bonds is 2. The van der Waals surface area contributed by atoms with Gasteiger partial charge in [0, 0.05) is 12.7 Å². The number of hydrogen-bond donors (Lipinski definition) is 1. The van der Waals surface area contributed by atoms with Crippen molar-refractivity contribution in [3.8, 4) is 0 Å². The highest BCUT2D eigenvalue weighted by atomic mass is 79.9. The van der Waals surface area contributed by atoms with Crippen molar-refractivity contribution in [3.63, 3.8) is 0 Å². The van der Waals surface area contributed by atoms with Gasteiger partial charge in [-0.15, -0.1) is 0 Å². The summed E-state index contributed by atoms with van der Waals surface area (Å²) in [5.74, 6) is 0. The molecule has 68 valence electrons. The Morgan fingerprint density at radius 1 is 1.67 bits per heavy atom. The molecule has 0 bridgehead atoms. The highest BCUT2D eigenvalue weighted by molar-refractivity contribution is 9.10. The van der Waals surface area contributed by atoms with Crippen molar-refractivity contribution in [2.75, 3.05) is 0 Å². The average Bonchev–Trinajstić information content (AvgIpc) is 2.32. The normalized spacial score (nSPS) is 13.4. The van der Waals surface area contributed by atoms with E-state index in [4.69, 9.17) is 0 Å². The van der Waals surface area contributed by atoms with Gasteiger partial charge in [0.2, 0.25) is 0 Å². The molecule has 1 rings (SSSR count). The number of halogens is 1. The topological polar surface area (TPSA) is 38.1 Å². The van der Waals surface area contributed by atoms with Crippen LogP contribution in [0.2, 0.25) is 0 Å². The molecule has 3 nitrogen and oxygen atoms in total. The number of aromatic nitrogens is 2. The van der Waals surface area contributed by atoms with Gasteiger partial charge in [-0.3, -0.25) is 4.68 Å². The maximum absolute atomic E-state index is 9.54. The van der Waals surface area contributed by atoms with Crippen LogP contribution < -0.4 is 0 Å². The predicted octanol–water partition coefficient (Wildman–Crippen LogP) is 1.93. The monoisotopic (exact) mass is 232 g/mol. The van der Waals surface area contributed by atoms with Crippen molar-refractivity contribution in [3.05, 3.63) is 15.9 Å². The Labute approximate surface area is 80.5 Å². The van der Waals surface area contributed by atoms with E-state index in [2.05, 4.69) is 21.0 Å². The molecule has 1 heterocycles. The standard InChI is InChI=1S/C8H13BrN2O/c1-4-6(12)8-7(9)5(2)11(3)10-8/h6,12H,4H2,1-3H3/t6-/m1/s1. The second kappa shape index (κ2) is 3.58. The molecule has 0 saturated heterocycles. The van der Waals surface area contributed by atoms with Crippen LogP contribution in [0.15, 0.2) is 4.47 Å². The van der Waals surface area contributed by atoms with Crippen LogP contribution in [0.5, 0.6) is 0 Å². The lowest BCUT2D eigenvalue weighted by Crippen LogP contribution is -1.98. The molecule has 0 saturated carbocycles. The van der Waals surface area contributed by atoms with E-state index in [0.29, 0.717) is 6.42 Å². The molecular formula is C8H13BrN2O. The van der Waals surface area contributed by atoms with Crippen LogP contribution in [-0.2, 0) is 7.05 Å². The van der Waals surface area contributed by atoms with E-state index in [9.17, 15) is 5.11 Å². The third kappa shape index (κ3) is 1.54. The van der Waals surface area contributed by atoms with Crippen LogP contribution in [0.4, 0.5) is 0 Å². The Balaban J connectivity index is 3.08. The molecule has 1 N–H and O–H groups in total. The second-order valence-electron chi connectivity index (χ2n) is 2.83. The van der Waals surface area contributed by atoms with Crippen LogP contribution in [0.25, 0.3) is 0 Å². The van der Waals surface area contributed by atoms with Gasteiger partial charge in [-0.2, -0.15) is 5.10 Å². The van der Waals surface area contributed by atoms with Gasteiger partial charge in [-0.1, -0.05) is 6.92 Å². The lowest BCUT2D eigenvalue weighted by molar-refractivity contribution is 0.167. The third-order valence-corrected chi connectivity index (χ3v) is 2.97. The van der Waals surface area contributed by atoms with E-state index in [1.165, 1.54) is 0 Å². The Morgan fingerprint density at radius 2 is 2.25 bits per heavy atom. The maximum Gasteiger partial charge on any atom is 0.105 e. The van der Waals surface area contributed by atoms with Gasteiger partial charge in [0.15, 0.2) is 0 Å². The molecule has 0 radical (unpaired) electrons. The zero-order chi connectivity index (χ0) is 9.30. The molecule has 0 unspecified atom stereocenters. The van der Waals surface area contributed by atoms with Crippen molar-refractivity contribution in [1.82, 2.24) is 9.78 Å². The summed E-state index contributed by atoms with van der Waals surface area (Å²) in [6.45, 7) is 3.89. The van der Waals surface area contributed by atoms with Crippen LogP contribution in [0, 0.1) is 6.92 Å². The molecule has 0 aliphatic carbocycles. The van der Waals surface area contributed by atoms with Crippen LogP contribution in [-0.4, -0.2) is 14.9 Å². The summed E-state index contributed by atoms with van der Waals surface area (Å²) in [6.07, 6.45) is 0.231. The van der Waals surface area contributed by atoms with Crippen molar-refractivity contribution < 1.29 is 5.11 Å². The zero-order valence-electron chi connectivity index (χ0n) is 7.50. The third-order valence-electron chi connectivity index (χ3n) is 1.99. The minimum Gasteiger partial charge on any atom is -0.387 e. The van der Waals surface area contributed by atoms with Gasteiger partial charge in [0.25, 0.3) is 0 Å². The maximum atomic E-state index is 9.54. The van der Waals surface area contributed by atoms with E-state index in [1.54, 1.807) is 4.68 Å². The average molecular weight is 233 g/mol. The molecular weight excluding hydrogens is 220 g/mol. The van der Waals surface area contributed by atoms with Gasteiger partial charge in [0.05, 0.1) is 10.6 Å². The van der Waals surface area contributed by atoms with Gasteiger partial charge in [-0.25, -0.2) is 0 Å². The van der Waals surface area contributed by atoms with Crippen LogP contribution >= 0.6 is 15.9 Å². The van der Waals surface area contributed by atoms with Crippen molar-refractivity contribution >= 4 is 15.9 Å². The van der Waals surface area contributed by atoms with E-state index in [-0.39, 0.29) is 0 Å². The molecule has 1 aromatic rings. The largest absolute Gasteiger partial charge is 0.387 e. The molecule has 0 fully saturated rings. The molecule has 0 aromatic carbocycles. The van der Waals surface area contributed by atoms with Gasteiger partial charge in [0.1, 0.15) is 5.69 Å². The number of aryl methyl sites for hydroxylation is 1. The molecule has 1 aromatic heterocycles. The van der Waals surface area contributed by atoms with Crippen molar-refractivity contribution in [1.29, 1.82) is 0 Å². The fourth-order valence-electron chi connectivity index (χ4n) is 1.01. The minimum atomic E-state index is -0.459. The first kappa shape index (κ1) is 9.74. The first-order chi connectivity index (χ1) is 5.57. The predicted molar refractivity (Wildman–Crippen MR) is 50.9 cm³/mol. The summed E-state index contributed by atoms with van der Waals surface area (Å²) >= 11 is 3.40. The molecule has 12 heavy (non-hydrogen) atoms. The zero-order valence-corrected chi connectivity index (χ0v) is 9.09. The number of nitrogens with zero attached hydrogens (tertiary/aromatic N) is 2. The highest BCUT2D eigenvalue weighted by Crippen LogP contribution is 2.26. The van der Waals surface area contributed by atoms with Crippen LogP contribution in [0.3, 0.4) is 0 Å². The van der Waals surface area contributed by atoms with E-state index in [0.717, 1.165) is 15.9 Å². The first-order valence-electron chi connectivity index (χ1n) is 3.95. The van der Waals surface area contributed by atoms with Crippen LogP contribution in [0.1, 0.15) is 30.8 Å². The summed E-state index contributed by atoms with van der Waals surface area (Å²) < 4.78 is 2.68. The summed E-state index contributed by atoms with van der Waals surface area (Å²) in [5.41, 5.74) is 1.77. The fourth-order valence-corrected chi connectivity index (χ4v) is 1.61. The second-order valence-corrected chi connectivity index (χ2v) is 3.63. The van der Waals surface area contributed by atoms with E-state index >= 15 is 0 Å². The number of aliphatic hydroxyl groups excluding tert-OH is 1. The van der Waals surface area contributed by atoms with E-state index < -0.39 is 6.10 Å². The molecule has 4 heteroatoms. The smallest absolute Gasteiger partial charge is 0.105 e. The molecule has 0 amide bonds. The Kier molecular flexibility index (Phi) is 2.90. The Hall–Kier alpha value is -0.350. The minimum absolute atomic E-state index is 0.459. The fraction of sp³-hybridized carbons (Fsp3) is 0.625. The lowest BCUT2D eigenvalue weighted by atomic mass is 10.2. The van der Waals surface area contributed by atoms with Gasteiger partial charge < -0.3 is 5.11 Å². The molecule has 1 atom stereocenters. The summed E-state index contributed by atoms with van der Waals surface area (Å²) in [5, 5.41) is 13.7. The lowest BCUT2D eigenvalue weighted by Gasteiger charge is -2.02. The summed E-state index contributed by atoms with van der Waals surface area (Å²) in [4.78, 5) is 0. The SMILES string of the molecule is CC[C@@H](O)c1nn(C)c(C)c1Br. The highest BCUT2D eigenvalue weighted by Gasteiger charge is 2.16. The van der Waals surface area contributed by atoms with Gasteiger partial charge >= 0.3 is 0 Å². The Bertz CT molecular complexity index is 283. The quantitative estimate of drug-likeness (QED) is 0.847. The van der Waals surface area contributed by atoms with Crippen molar-refractivity contribution in [2.45, 2.75) is 26.4 Å². The van der Waals surface area contributed by atoms with Crippen molar-refractivity contribution in [2.24, 2.45) is 7.05 Å². The summed E-state index contributed by atoms with van der Waals surface area (Å²) in [6, 6.07) is 0. The Morgan fingerprint density at radius 3 is 2.58 bits per heavy atom. The molecule has 0 aliphatic heterocycles. The summed E-state index contributed by atoms with van der Waals surface area (Å²) in [7, 11) is 1.87. The number of aliphatic hydroxyl groups is 1. The molecule has 0 spiro atoms.